The van der Waals surface area contributed by atoms with Crippen molar-refractivity contribution in [2.45, 2.75) is 30.8 Å². The number of benzene rings is 2. The quantitative estimate of drug-likeness (QED) is 0.439. The van der Waals surface area contributed by atoms with Gasteiger partial charge in [-0.05, 0) is 37.1 Å². The third-order valence-electron chi connectivity index (χ3n) is 5.86. The number of carboxylic acid groups (broad SMARTS) is 1. The Labute approximate surface area is 196 Å². The first kappa shape index (κ1) is 22.0. The Balaban J connectivity index is 1.52. The van der Waals surface area contributed by atoms with Gasteiger partial charge in [-0.15, -0.1) is 0 Å². The predicted octanol–water partition coefficient (Wildman–Crippen LogP) is 4.62. The highest BCUT2D eigenvalue weighted by Crippen LogP contribution is 2.46. The average Bonchev–Trinajstić information content (AvgIpc) is 3.12. The number of aromatic nitrogens is 1. The first-order valence-corrected chi connectivity index (χ1v) is 11.3. The summed E-state index contributed by atoms with van der Waals surface area (Å²) in [5, 5.41) is 9.84. The van der Waals surface area contributed by atoms with E-state index in [0.29, 0.717) is 39.9 Å². The molecule has 4 aromatic rings. The van der Waals surface area contributed by atoms with Crippen LogP contribution in [0.15, 0.2) is 59.8 Å². The summed E-state index contributed by atoms with van der Waals surface area (Å²) in [7, 11) is 1.76. The normalized spacial score (nSPS) is 14.6. The monoisotopic (exact) mass is 482 g/mol. The van der Waals surface area contributed by atoms with Crippen LogP contribution in [0.25, 0.3) is 22.0 Å². The summed E-state index contributed by atoms with van der Waals surface area (Å²) in [5.74, 6) is -1.97. The average molecular weight is 482 g/mol. The van der Waals surface area contributed by atoms with E-state index < -0.39 is 23.0 Å². The molecule has 34 heavy (non-hydrogen) atoms. The van der Waals surface area contributed by atoms with Crippen molar-refractivity contribution < 1.29 is 23.1 Å². The van der Waals surface area contributed by atoms with E-state index in [1.54, 1.807) is 41.6 Å². The molecular formula is C24H19FN2O6S. The largest absolute Gasteiger partial charge is 0.520 e. The van der Waals surface area contributed by atoms with Crippen molar-refractivity contribution in [3.63, 3.8) is 0 Å². The molecule has 0 fully saturated rings. The smallest absolute Gasteiger partial charge is 0.477 e. The molecule has 10 heteroatoms. The lowest BCUT2D eigenvalue weighted by atomic mass is 10.00. The standard InChI is InChI=1S/C24H19FN2O6S/c1-11-21(33-24(31)32-11)26(3)10-13-4-6-14(7-5-13)15-9-18-16(8-17(15)25)20(28)19(23(29)30)22-27(18)12(2)34-22/h4-9,12H,10H2,1-3H3,(H,29,30). The Morgan fingerprint density at radius 2 is 1.91 bits per heavy atom. The molecule has 0 amide bonds. The molecule has 3 heterocycles. The van der Waals surface area contributed by atoms with Crippen LogP contribution in [0.4, 0.5) is 10.3 Å². The number of carbonyl (C=O) groups is 1. The van der Waals surface area contributed by atoms with E-state index >= 15 is 4.39 Å². The molecule has 0 spiro atoms. The molecule has 174 valence electrons. The minimum Gasteiger partial charge on any atom is -0.477 e. The molecule has 0 radical (unpaired) electrons. The summed E-state index contributed by atoms with van der Waals surface area (Å²) in [6.45, 7) is 3.96. The molecule has 2 aromatic heterocycles. The Hall–Kier alpha value is -3.79. The molecule has 5 rings (SSSR count). The molecule has 1 aliphatic rings. The molecule has 1 N–H and O–H groups in total. The van der Waals surface area contributed by atoms with Crippen LogP contribution in [0.3, 0.4) is 0 Å². The Morgan fingerprint density at radius 3 is 2.50 bits per heavy atom. The van der Waals surface area contributed by atoms with Gasteiger partial charge < -0.3 is 23.4 Å². The van der Waals surface area contributed by atoms with Gasteiger partial charge in [0.2, 0.25) is 11.3 Å². The number of carboxylic acids is 1. The van der Waals surface area contributed by atoms with Crippen molar-refractivity contribution in [2.24, 2.45) is 0 Å². The lowest BCUT2D eigenvalue weighted by Gasteiger charge is -2.32. The summed E-state index contributed by atoms with van der Waals surface area (Å²) < 4.78 is 26.8. The molecule has 8 nitrogen and oxygen atoms in total. The number of thioether (sulfide) groups is 1. The van der Waals surface area contributed by atoms with E-state index in [1.807, 2.05) is 19.1 Å². The van der Waals surface area contributed by atoms with Gasteiger partial charge in [0.25, 0.3) is 0 Å². The highest BCUT2D eigenvalue weighted by molar-refractivity contribution is 8.00. The first-order valence-electron chi connectivity index (χ1n) is 10.4. The van der Waals surface area contributed by atoms with Crippen LogP contribution in [0.1, 0.15) is 34.0 Å². The Bertz CT molecular complexity index is 1580. The lowest BCUT2D eigenvalue weighted by Crippen LogP contribution is -2.28. The molecule has 1 atom stereocenters. The number of rotatable bonds is 5. The molecule has 2 aromatic carbocycles. The van der Waals surface area contributed by atoms with Gasteiger partial charge in [-0.2, -0.15) is 0 Å². The summed E-state index contributed by atoms with van der Waals surface area (Å²) >= 11 is 1.30. The minimum atomic E-state index is -1.31. The third kappa shape index (κ3) is 3.41. The van der Waals surface area contributed by atoms with Gasteiger partial charge in [0.15, 0.2) is 5.76 Å². The van der Waals surface area contributed by atoms with Crippen molar-refractivity contribution in [3.8, 4) is 11.1 Å². The maximum atomic E-state index is 15.1. The van der Waals surface area contributed by atoms with Gasteiger partial charge in [-0.25, -0.2) is 14.0 Å². The number of anilines is 1. The van der Waals surface area contributed by atoms with E-state index in [2.05, 4.69) is 0 Å². The minimum absolute atomic E-state index is 0.0461. The van der Waals surface area contributed by atoms with Crippen molar-refractivity contribution in [3.05, 3.63) is 79.9 Å². The van der Waals surface area contributed by atoms with Crippen LogP contribution in [0, 0.1) is 12.7 Å². The number of aromatic carboxylic acids is 1. The molecule has 0 saturated heterocycles. The van der Waals surface area contributed by atoms with Crippen LogP contribution in [-0.2, 0) is 6.54 Å². The maximum absolute atomic E-state index is 15.1. The number of nitrogens with zero attached hydrogens (tertiary/aromatic N) is 2. The van der Waals surface area contributed by atoms with Gasteiger partial charge in [-0.3, -0.25) is 4.79 Å². The Kier molecular flexibility index (Phi) is 5.12. The third-order valence-corrected chi connectivity index (χ3v) is 7.03. The van der Waals surface area contributed by atoms with E-state index in [0.717, 1.165) is 11.6 Å². The number of aryl methyl sites for hydroxylation is 1. The molecule has 0 saturated carbocycles. The van der Waals surface area contributed by atoms with Crippen LogP contribution in [-0.4, -0.2) is 22.7 Å². The summed E-state index contributed by atoms with van der Waals surface area (Å²) in [4.78, 5) is 37.4. The van der Waals surface area contributed by atoms with Crippen molar-refractivity contribution in [1.29, 1.82) is 0 Å². The summed E-state index contributed by atoms with van der Waals surface area (Å²) in [6, 6.07) is 9.92. The van der Waals surface area contributed by atoms with Crippen molar-refractivity contribution >= 4 is 34.5 Å². The zero-order valence-corrected chi connectivity index (χ0v) is 19.2. The van der Waals surface area contributed by atoms with Crippen LogP contribution in [0.5, 0.6) is 0 Å². The topological polar surface area (TPSA) is 106 Å². The predicted molar refractivity (Wildman–Crippen MR) is 125 cm³/mol. The van der Waals surface area contributed by atoms with Gasteiger partial charge >= 0.3 is 11.8 Å². The summed E-state index contributed by atoms with van der Waals surface area (Å²) in [5.41, 5.74) is 1.32. The molecule has 1 unspecified atom stereocenters. The van der Waals surface area contributed by atoms with Crippen LogP contribution >= 0.6 is 11.8 Å². The van der Waals surface area contributed by atoms with E-state index in [9.17, 15) is 19.5 Å². The number of hydrogen-bond donors (Lipinski definition) is 1. The van der Waals surface area contributed by atoms with Crippen LogP contribution in [0.2, 0.25) is 0 Å². The van der Waals surface area contributed by atoms with E-state index in [1.165, 1.54) is 11.8 Å². The Morgan fingerprint density at radius 1 is 1.21 bits per heavy atom. The maximum Gasteiger partial charge on any atom is 0.520 e. The number of halogens is 1. The number of hydrogen-bond acceptors (Lipinski definition) is 7. The highest BCUT2D eigenvalue weighted by atomic mass is 32.2. The van der Waals surface area contributed by atoms with Crippen LogP contribution < -0.4 is 16.2 Å². The molecule has 0 aliphatic carbocycles. The van der Waals surface area contributed by atoms with Gasteiger partial charge in [0.05, 0.1) is 15.9 Å². The molecule has 0 bridgehead atoms. The zero-order valence-electron chi connectivity index (χ0n) is 18.4. The molecular weight excluding hydrogens is 463 g/mol. The zero-order chi connectivity index (χ0) is 24.3. The fourth-order valence-corrected chi connectivity index (χ4v) is 5.43. The van der Waals surface area contributed by atoms with Crippen molar-refractivity contribution in [2.75, 3.05) is 11.9 Å². The lowest BCUT2D eigenvalue weighted by molar-refractivity contribution is 0.0689. The van der Waals surface area contributed by atoms with E-state index in [-0.39, 0.29) is 16.3 Å². The second-order valence-electron chi connectivity index (χ2n) is 8.12. The number of pyridine rings is 1. The van der Waals surface area contributed by atoms with Gasteiger partial charge in [-0.1, -0.05) is 36.0 Å². The fourth-order valence-electron chi connectivity index (χ4n) is 4.28. The SMILES string of the molecule is Cc1oc(=O)oc1N(C)Cc1ccc(-c2cc3c(cc2F)c(=O)c(C(=O)O)c2n3C(C)S2)cc1. The van der Waals surface area contributed by atoms with Gasteiger partial charge in [0.1, 0.15) is 11.4 Å². The summed E-state index contributed by atoms with van der Waals surface area (Å²) in [6.07, 6.45) is 0. The van der Waals surface area contributed by atoms with Crippen molar-refractivity contribution in [1.82, 2.24) is 4.57 Å². The molecule has 1 aliphatic heterocycles. The second kappa shape index (κ2) is 7.91. The van der Waals surface area contributed by atoms with E-state index in [4.69, 9.17) is 8.83 Å². The highest BCUT2D eigenvalue weighted by Gasteiger charge is 2.33. The number of fused-ring (bicyclic) bond motifs is 3. The van der Waals surface area contributed by atoms with Gasteiger partial charge in [0, 0.05) is 24.5 Å². The first-order chi connectivity index (χ1) is 16.2. The second-order valence-corrected chi connectivity index (χ2v) is 9.42. The fraction of sp³-hybridized carbons (Fsp3) is 0.208.